The van der Waals surface area contributed by atoms with Crippen LogP contribution in [0.1, 0.15) is 67.5 Å². The lowest BCUT2D eigenvalue weighted by atomic mass is 9.93. The third kappa shape index (κ3) is 4.72. The molecule has 1 amide bonds. The predicted octanol–water partition coefficient (Wildman–Crippen LogP) is 5.49. The van der Waals surface area contributed by atoms with Crippen LogP contribution < -0.4 is 14.9 Å². The molecule has 3 heterocycles. The Bertz CT molecular complexity index is 1690. The fraction of sp³-hybridized carbons (Fsp3) is 0.414. The molecule has 2 aliphatic carbocycles. The van der Waals surface area contributed by atoms with E-state index in [1.165, 1.54) is 19.1 Å². The van der Waals surface area contributed by atoms with Gasteiger partial charge in [0.15, 0.2) is 0 Å². The van der Waals surface area contributed by atoms with E-state index in [1.807, 2.05) is 12.1 Å². The molecule has 4 aromatic rings. The van der Waals surface area contributed by atoms with Gasteiger partial charge in [0.1, 0.15) is 17.6 Å². The largest absolute Gasteiger partial charge is 0.444 e. The number of aromatic amines is 1. The SMILES string of the molecule is CCS(=O)(=O)Nc1ccc(C(=O)Nc2ccc(-c3ncco3)c3[nH]c(C4CC4)nc23)c(N2CCC3(CC2)CC3)c1. The number of imidazole rings is 1. The van der Waals surface area contributed by atoms with Gasteiger partial charge in [0, 0.05) is 19.0 Å². The van der Waals surface area contributed by atoms with E-state index in [-0.39, 0.29) is 11.7 Å². The number of piperidine rings is 1. The highest BCUT2D eigenvalue weighted by molar-refractivity contribution is 7.92. The van der Waals surface area contributed by atoms with E-state index in [2.05, 4.69) is 24.9 Å². The number of benzene rings is 2. The van der Waals surface area contributed by atoms with Crippen molar-refractivity contribution in [3.8, 4) is 11.5 Å². The van der Waals surface area contributed by atoms with Crippen molar-refractivity contribution in [2.24, 2.45) is 5.41 Å². The Morgan fingerprint density at radius 1 is 1.15 bits per heavy atom. The Morgan fingerprint density at radius 3 is 2.62 bits per heavy atom. The van der Waals surface area contributed by atoms with Gasteiger partial charge in [-0.15, -0.1) is 0 Å². The summed E-state index contributed by atoms with van der Waals surface area (Å²) in [6, 6.07) is 8.85. The second-order valence-electron chi connectivity index (χ2n) is 11.3. The van der Waals surface area contributed by atoms with Crippen LogP contribution in [0.3, 0.4) is 0 Å². The summed E-state index contributed by atoms with van der Waals surface area (Å²) in [4.78, 5) is 28.7. The molecule has 208 valence electrons. The number of anilines is 3. The van der Waals surface area contributed by atoms with Gasteiger partial charge in [0.05, 0.1) is 45.7 Å². The van der Waals surface area contributed by atoms with Crippen LogP contribution in [0.4, 0.5) is 17.1 Å². The molecule has 2 aromatic heterocycles. The topological polar surface area (TPSA) is 133 Å². The Morgan fingerprint density at radius 2 is 1.95 bits per heavy atom. The lowest BCUT2D eigenvalue weighted by molar-refractivity contribution is 0.102. The predicted molar refractivity (Wildman–Crippen MR) is 154 cm³/mol. The number of nitrogens with zero attached hydrogens (tertiary/aromatic N) is 3. The number of fused-ring (bicyclic) bond motifs is 1. The van der Waals surface area contributed by atoms with Crippen molar-refractivity contribution in [2.75, 3.05) is 33.8 Å². The van der Waals surface area contributed by atoms with Crippen LogP contribution in [-0.2, 0) is 10.0 Å². The van der Waals surface area contributed by atoms with E-state index in [9.17, 15) is 13.2 Å². The van der Waals surface area contributed by atoms with E-state index in [4.69, 9.17) is 9.40 Å². The van der Waals surface area contributed by atoms with Gasteiger partial charge < -0.3 is 19.6 Å². The molecule has 0 radical (unpaired) electrons. The van der Waals surface area contributed by atoms with Crippen molar-refractivity contribution in [1.29, 1.82) is 0 Å². The number of amides is 1. The minimum absolute atomic E-state index is 0.0250. The third-order valence-electron chi connectivity index (χ3n) is 8.56. The molecule has 0 bridgehead atoms. The van der Waals surface area contributed by atoms with E-state index in [1.54, 1.807) is 31.3 Å². The lowest BCUT2D eigenvalue weighted by Crippen LogP contribution is -2.35. The highest BCUT2D eigenvalue weighted by Gasteiger charge is 2.44. The monoisotopic (exact) mass is 560 g/mol. The number of carbonyl (C=O) groups excluding carboxylic acids is 1. The maximum Gasteiger partial charge on any atom is 0.257 e. The minimum atomic E-state index is -3.45. The first-order chi connectivity index (χ1) is 19.3. The van der Waals surface area contributed by atoms with E-state index >= 15 is 0 Å². The Balaban J connectivity index is 1.23. The second-order valence-corrected chi connectivity index (χ2v) is 13.3. The van der Waals surface area contributed by atoms with Crippen LogP contribution >= 0.6 is 0 Å². The van der Waals surface area contributed by atoms with Gasteiger partial charge >= 0.3 is 0 Å². The van der Waals surface area contributed by atoms with Gasteiger partial charge in [-0.05, 0) is 81.2 Å². The van der Waals surface area contributed by atoms with Crippen LogP contribution in [-0.4, -0.2) is 48.1 Å². The molecule has 1 saturated heterocycles. The van der Waals surface area contributed by atoms with E-state index in [0.29, 0.717) is 39.7 Å². The molecule has 11 heteroatoms. The fourth-order valence-electron chi connectivity index (χ4n) is 5.68. The molecule has 2 saturated carbocycles. The molecule has 10 nitrogen and oxygen atoms in total. The summed E-state index contributed by atoms with van der Waals surface area (Å²) in [5, 5.41) is 3.10. The van der Waals surface area contributed by atoms with Gasteiger partial charge in [-0.1, -0.05) is 0 Å². The molecule has 3 aliphatic rings. The number of H-pyrrole nitrogens is 1. The number of rotatable bonds is 8. The van der Waals surface area contributed by atoms with Gasteiger partial charge in [-0.25, -0.2) is 18.4 Å². The zero-order valence-corrected chi connectivity index (χ0v) is 23.2. The summed E-state index contributed by atoms with van der Waals surface area (Å²) < 4.78 is 32.8. The molecule has 0 atom stereocenters. The van der Waals surface area contributed by atoms with Crippen LogP contribution in [0, 0.1) is 5.41 Å². The molecule has 7 rings (SSSR count). The first kappa shape index (κ1) is 25.1. The molecule has 3 fully saturated rings. The van der Waals surface area contributed by atoms with E-state index in [0.717, 1.165) is 61.4 Å². The van der Waals surface area contributed by atoms with Gasteiger partial charge in [0.25, 0.3) is 5.91 Å². The number of aromatic nitrogens is 3. The summed E-state index contributed by atoms with van der Waals surface area (Å²) in [7, 11) is -3.45. The molecular weight excluding hydrogens is 528 g/mol. The highest BCUT2D eigenvalue weighted by Crippen LogP contribution is 2.54. The summed E-state index contributed by atoms with van der Waals surface area (Å²) in [6.45, 7) is 3.27. The summed E-state index contributed by atoms with van der Waals surface area (Å²) in [6.07, 6.45) is 10.0. The van der Waals surface area contributed by atoms with E-state index < -0.39 is 10.0 Å². The molecule has 40 heavy (non-hydrogen) atoms. The van der Waals surface area contributed by atoms with Crippen LogP contribution in [0.5, 0.6) is 0 Å². The molecule has 0 unspecified atom stereocenters. The van der Waals surface area contributed by atoms with Crippen molar-refractivity contribution < 1.29 is 17.6 Å². The van der Waals surface area contributed by atoms with Crippen LogP contribution in [0.25, 0.3) is 22.5 Å². The maximum absolute atomic E-state index is 13.8. The maximum atomic E-state index is 13.8. The van der Waals surface area contributed by atoms with Crippen LogP contribution in [0.2, 0.25) is 0 Å². The molecule has 1 aliphatic heterocycles. The zero-order valence-electron chi connectivity index (χ0n) is 22.4. The lowest BCUT2D eigenvalue weighted by Gasteiger charge is -2.35. The standard InChI is InChI=1S/C29H32N6O4S/c1-2-40(37,38)34-19-5-6-20(23(17-19)35-14-11-29(9-10-29)12-15-35)27(36)31-22-8-7-21(28-30-13-16-39-28)24-25(22)33-26(32-24)18-3-4-18/h5-8,13,16-18,34H,2-4,9-12,14-15H2,1H3,(H,31,36)(H,32,33). The number of carbonyl (C=O) groups is 1. The van der Waals surface area contributed by atoms with Crippen molar-refractivity contribution in [1.82, 2.24) is 15.0 Å². The number of hydrogen-bond acceptors (Lipinski definition) is 7. The molecule has 3 N–H and O–H groups in total. The number of nitrogens with one attached hydrogen (secondary N) is 3. The molecule has 1 spiro atoms. The first-order valence-electron chi connectivity index (χ1n) is 14.0. The Kier molecular flexibility index (Phi) is 5.88. The first-order valence-corrected chi connectivity index (χ1v) is 15.6. The number of sulfonamides is 1. The third-order valence-corrected chi connectivity index (χ3v) is 9.86. The average Bonchev–Trinajstić information content (AvgIpc) is 3.83. The van der Waals surface area contributed by atoms with Crippen molar-refractivity contribution in [2.45, 2.75) is 51.4 Å². The summed E-state index contributed by atoms with van der Waals surface area (Å²) in [5.74, 6) is 1.49. The van der Waals surface area contributed by atoms with Gasteiger partial charge in [0.2, 0.25) is 15.9 Å². The quantitative estimate of drug-likeness (QED) is 0.259. The average molecular weight is 561 g/mol. The Hall–Kier alpha value is -3.86. The van der Waals surface area contributed by atoms with Crippen LogP contribution in [0.15, 0.2) is 47.2 Å². The Labute approximate surface area is 232 Å². The van der Waals surface area contributed by atoms with Crippen molar-refractivity contribution in [3.63, 3.8) is 0 Å². The number of hydrogen-bond donors (Lipinski definition) is 3. The normalized spacial score (nSPS) is 18.3. The summed E-state index contributed by atoms with van der Waals surface area (Å²) >= 11 is 0. The van der Waals surface area contributed by atoms with Gasteiger partial charge in [-0.2, -0.15) is 0 Å². The van der Waals surface area contributed by atoms with Crippen molar-refractivity contribution in [3.05, 3.63) is 54.2 Å². The molecular formula is C29H32N6O4S. The zero-order chi connectivity index (χ0) is 27.5. The van der Waals surface area contributed by atoms with Crippen molar-refractivity contribution >= 4 is 44.0 Å². The second kappa shape index (κ2) is 9.36. The molecule has 2 aromatic carbocycles. The summed E-state index contributed by atoms with van der Waals surface area (Å²) in [5.41, 5.74) is 4.97. The van der Waals surface area contributed by atoms with Gasteiger partial charge in [-0.3, -0.25) is 9.52 Å². The highest BCUT2D eigenvalue weighted by atomic mass is 32.2. The fourth-order valence-corrected chi connectivity index (χ4v) is 6.32. The minimum Gasteiger partial charge on any atom is -0.444 e. The number of oxazole rings is 1. The smallest absolute Gasteiger partial charge is 0.257 e.